The molecular weight excluding hydrogens is 441 g/mol. The van der Waals surface area contributed by atoms with Crippen LogP contribution in [0.5, 0.6) is 0 Å². The lowest BCUT2D eigenvalue weighted by Gasteiger charge is -2.25. The first-order valence-electron chi connectivity index (χ1n) is 8.98. The van der Waals surface area contributed by atoms with Crippen molar-refractivity contribution in [1.29, 1.82) is 0 Å². The highest BCUT2D eigenvalue weighted by molar-refractivity contribution is 14.1. The van der Waals surface area contributed by atoms with Gasteiger partial charge in [0.1, 0.15) is 0 Å². The molecule has 4 aromatic carbocycles. The Labute approximate surface area is 174 Å². The summed E-state index contributed by atoms with van der Waals surface area (Å²) >= 11 is 2.34. The molecule has 0 saturated heterocycles. The lowest BCUT2D eigenvalue weighted by molar-refractivity contribution is 1.27. The molecule has 0 unspecified atom stereocenters. The molecular formula is C25H20IN. The summed E-state index contributed by atoms with van der Waals surface area (Å²) in [6, 6.07) is 36.6. The Morgan fingerprint density at radius 1 is 0.519 bits per heavy atom. The molecule has 0 aliphatic heterocycles. The maximum atomic E-state index is 2.34. The summed E-state index contributed by atoms with van der Waals surface area (Å²) in [5.74, 6) is 0. The molecule has 0 saturated carbocycles. The minimum Gasteiger partial charge on any atom is -0.311 e. The van der Waals surface area contributed by atoms with Crippen LogP contribution in [0.25, 0.3) is 11.1 Å². The fourth-order valence-corrected chi connectivity index (χ4v) is 3.52. The maximum absolute atomic E-state index is 2.34. The summed E-state index contributed by atoms with van der Waals surface area (Å²) in [7, 11) is 0. The van der Waals surface area contributed by atoms with Crippen molar-refractivity contribution in [3.05, 3.63) is 112 Å². The van der Waals surface area contributed by atoms with Crippen LogP contribution in [-0.4, -0.2) is 0 Å². The van der Waals surface area contributed by atoms with Gasteiger partial charge in [-0.15, -0.1) is 0 Å². The van der Waals surface area contributed by atoms with Gasteiger partial charge >= 0.3 is 0 Å². The van der Waals surface area contributed by atoms with E-state index in [1.165, 1.54) is 20.3 Å². The number of anilines is 3. The maximum Gasteiger partial charge on any atom is 0.0462 e. The van der Waals surface area contributed by atoms with E-state index in [2.05, 4.69) is 138 Å². The number of nitrogens with zero attached hydrogens (tertiary/aromatic N) is 1. The Hall–Kier alpha value is -2.59. The Morgan fingerprint density at radius 3 is 1.52 bits per heavy atom. The molecule has 0 atom stereocenters. The number of para-hydroxylation sites is 1. The van der Waals surface area contributed by atoms with Crippen molar-refractivity contribution in [3.8, 4) is 11.1 Å². The van der Waals surface area contributed by atoms with E-state index in [4.69, 9.17) is 0 Å². The fourth-order valence-electron chi connectivity index (χ4n) is 3.16. The van der Waals surface area contributed by atoms with E-state index in [9.17, 15) is 0 Å². The summed E-state index contributed by atoms with van der Waals surface area (Å²) in [5.41, 5.74) is 7.20. The molecule has 0 aromatic heterocycles. The first kappa shape index (κ1) is 17.8. The summed E-state index contributed by atoms with van der Waals surface area (Å²) in [6.07, 6.45) is 0. The highest BCUT2D eigenvalue weighted by Gasteiger charge is 2.12. The number of aryl methyl sites for hydroxylation is 1. The summed E-state index contributed by atoms with van der Waals surface area (Å²) < 4.78 is 1.25. The van der Waals surface area contributed by atoms with Gasteiger partial charge in [-0.25, -0.2) is 0 Å². The SMILES string of the molecule is Cc1ccc(N(c2ccccc2)c2ccc(-c3ccc(I)cc3)cc2)cc1. The van der Waals surface area contributed by atoms with Gasteiger partial charge in [0.15, 0.2) is 0 Å². The van der Waals surface area contributed by atoms with E-state index >= 15 is 0 Å². The normalized spacial score (nSPS) is 10.6. The molecule has 0 amide bonds. The van der Waals surface area contributed by atoms with E-state index < -0.39 is 0 Å². The zero-order chi connectivity index (χ0) is 18.6. The van der Waals surface area contributed by atoms with Gasteiger partial charge in [-0.05, 0) is 89.2 Å². The van der Waals surface area contributed by atoms with E-state index in [0.717, 1.165) is 17.1 Å². The van der Waals surface area contributed by atoms with Crippen molar-refractivity contribution in [2.75, 3.05) is 4.90 Å². The number of rotatable bonds is 4. The number of hydrogen-bond donors (Lipinski definition) is 0. The average Bonchev–Trinajstić information content (AvgIpc) is 2.72. The molecule has 27 heavy (non-hydrogen) atoms. The van der Waals surface area contributed by atoms with Gasteiger partial charge in [0.25, 0.3) is 0 Å². The van der Waals surface area contributed by atoms with Crippen molar-refractivity contribution in [1.82, 2.24) is 0 Å². The summed E-state index contributed by atoms with van der Waals surface area (Å²) in [6.45, 7) is 2.12. The minimum atomic E-state index is 1.15. The third-order valence-corrected chi connectivity index (χ3v) is 5.33. The van der Waals surface area contributed by atoms with E-state index in [0.29, 0.717) is 0 Å². The standard InChI is InChI=1S/C25H20IN/c1-19-7-15-24(16-8-19)27(23-5-3-2-4-6-23)25-17-11-21(12-18-25)20-9-13-22(26)14-10-20/h2-18H,1H3. The van der Waals surface area contributed by atoms with Crippen molar-refractivity contribution < 1.29 is 0 Å². The average molecular weight is 461 g/mol. The molecule has 4 rings (SSSR count). The summed E-state index contributed by atoms with van der Waals surface area (Å²) in [5, 5.41) is 0. The van der Waals surface area contributed by atoms with Crippen LogP contribution in [0.1, 0.15) is 5.56 Å². The zero-order valence-corrected chi connectivity index (χ0v) is 17.3. The van der Waals surface area contributed by atoms with Crippen LogP contribution in [0.3, 0.4) is 0 Å². The van der Waals surface area contributed by atoms with Crippen LogP contribution in [0.15, 0.2) is 103 Å². The first-order chi connectivity index (χ1) is 13.2. The fraction of sp³-hybridized carbons (Fsp3) is 0.0400. The van der Waals surface area contributed by atoms with Gasteiger partial charge in [-0.3, -0.25) is 0 Å². The van der Waals surface area contributed by atoms with Crippen LogP contribution < -0.4 is 4.90 Å². The van der Waals surface area contributed by atoms with E-state index in [-0.39, 0.29) is 0 Å². The second-order valence-corrected chi connectivity index (χ2v) is 7.81. The first-order valence-corrected chi connectivity index (χ1v) is 10.1. The molecule has 0 heterocycles. The van der Waals surface area contributed by atoms with Crippen LogP contribution in [0.4, 0.5) is 17.1 Å². The molecule has 0 bridgehead atoms. The molecule has 0 aliphatic carbocycles. The van der Waals surface area contributed by atoms with Crippen LogP contribution >= 0.6 is 22.6 Å². The van der Waals surface area contributed by atoms with Gasteiger partial charge in [0.2, 0.25) is 0 Å². The lowest BCUT2D eigenvalue weighted by atomic mass is 10.0. The van der Waals surface area contributed by atoms with Gasteiger partial charge < -0.3 is 4.90 Å². The Balaban J connectivity index is 1.74. The molecule has 0 radical (unpaired) electrons. The topological polar surface area (TPSA) is 3.24 Å². The monoisotopic (exact) mass is 461 g/mol. The molecule has 132 valence electrons. The predicted molar refractivity (Wildman–Crippen MR) is 124 cm³/mol. The second kappa shape index (κ2) is 7.97. The molecule has 1 nitrogen and oxygen atoms in total. The van der Waals surface area contributed by atoms with E-state index in [1.54, 1.807) is 0 Å². The summed E-state index contributed by atoms with van der Waals surface area (Å²) in [4.78, 5) is 2.29. The Bertz CT molecular complexity index is 1000. The molecule has 4 aromatic rings. The van der Waals surface area contributed by atoms with Crippen LogP contribution in [-0.2, 0) is 0 Å². The van der Waals surface area contributed by atoms with Crippen LogP contribution in [0, 0.1) is 10.5 Å². The zero-order valence-electron chi connectivity index (χ0n) is 15.1. The Kier molecular flexibility index (Phi) is 5.26. The van der Waals surface area contributed by atoms with Gasteiger partial charge in [-0.2, -0.15) is 0 Å². The number of halogens is 1. The van der Waals surface area contributed by atoms with Crippen molar-refractivity contribution in [2.45, 2.75) is 6.92 Å². The van der Waals surface area contributed by atoms with Crippen molar-refractivity contribution in [2.24, 2.45) is 0 Å². The number of hydrogen-bond acceptors (Lipinski definition) is 1. The lowest BCUT2D eigenvalue weighted by Crippen LogP contribution is -2.09. The third-order valence-electron chi connectivity index (χ3n) is 4.61. The largest absolute Gasteiger partial charge is 0.311 e. The molecule has 0 aliphatic rings. The van der Waals surface area contributed by atoms with Crippen LogP contribution in [0.2, 0.25) is 0 Å². The molecule has 2 heteroatoms. The van der Waals surface area contributed by atoms with E-state index in [1.807, 2.05) is 0 Å². The highest BCUT2D eigenvalue weighted by atomic mass is 127. The number of benzene rings is 4. The van der Waals surface area contributed by atoms with Crippen molar-refractivity contribution >= 4 is 39.7 Å². The third kappa shape index (κ3) is 4.06. The predicted octanol–water partition coefficient (Wildman–Crippen LogP) is 7.74. The van der Waals surface area contributed by atoms with Crippen molar-refractivity contribution in [3.63, 3.8) is 0 Å². The quantitative estimate of drug-likeness (QED) is 0.281. The van der Waals surface area contributed by atoms with Gasteiger partial charge in [0, 0.05) is 20.6 Å². The van der Waals surface area contributed by atoms with Gasteiger partial charge in [-0.1, -0.05) is 60.2 Å². The molecule has 0 fully saturated rings. The molecule has 0 N–H and O–H groups in total. The van der Waals surface area contributed by atoms with Gasteiger partial charge in [0.05, 0.1) is 0 Å². The highest BCUT2D eigenvalue weighted by Crippen LogP contribution is 2.35. The Morgan fingerprint density at radius 2 is 0.963 bits per heavy atom. The smallest absolute Gasteiger partial charge is 0.0462 e. The minimum absolute atomic E-state index is 1.15. The molecule has 0 spiro atoms. The second-order valence-electron chi connectivity index (χ2n) is 6.56.